The number of benzene rings is 1. The van der Waals surface area contributed by atoms with E-state index in [2.05, 4.69) is 4.98 Å². The highest BCUT2D eigenvalue weighted by Gasteiger charge is 2.29. The van der Waals surface area contributed by atoms with Crippen LogP contribution in [-0.2, 0) is 6.42 Å². The molecule has 5 nitrogen and oxygen atoms in total. The molecule has 0 bridgehead atoms. The van der Waals surface area contributed by atoms with Gasteiger partial charge in [-0.25, -0.2) is 4.98 Å². The number of halogens is 4. The number of aliphatic hydroxyl groups excluding tert-OH is 1. The highest BCUT2D eigenvalue weighted by Crippen LogP contribution is 2.31. The van der Waals surface area contributed by atoms with Gasteiger partial charge in [0.15, 0.2) is 5.65 Å². The Morgan fingerprint density at radius 1 is 1.23 bits per heavy atom. The van der Waals surface area contributed by atoms with Gasteiger partial charge in [0.2, 0.25) is 0 Å². The molecule has 3 N–H and O–H groups in total. The number of alkyl halides is 3. The number of nitrogens with zero attached hydrogens (tertiary/aromatic N) is 3. The van der Waals surface area contributed by atoms with E-state index < -0.39 is 12.6 Å². The zero-order chi connectivity index (χ0) is 22.6. The first kappa shape index (κ1) is 22.9. The van der Waals surface area contributed by atoms with Gasteiger partial charge in [0.05, 0.1) is 28.9 Å². The number of fused-ring (bicyclic) bond motifs is 1. The van der Waals surface area contributed by atoms with Crippen LogP contribution in [0.25, 0.3) is 16.8 Å². The highest BCUT2D eigenvalue weighted by atomic mass is 35.5. The Bertz CT molecular complexity index is 1100. The molecule has 1 aliphatic rings. The summed E-state index contributed by atoms with van der Waals surface area (Å²) in [7, 11) is 0. The van der Waals surface area contributed by atoms with Gasteiger partial charge in [-0.2, -0.15) is 18.4 Å². The molecule has 31 heavy (non-hydrogen) atoms. The second-order valence-electron chi connectivity index (χ2n) is 7.48. The van der Waals surface area contributed by atoms with Gasteiger partial charge in [-0.3, -0.25) is 0 Å². The van der Waals surface area contributed by atoms with Crippen LogP contribution in [0, 0.1) is 11.3 Å². The van der Waals surface area contributed by atoms with E-state index in [0.717, 1.165) is 19.0 Å². The molecular weight excluding hydrogens is 429 g/mol. The maximum atomic E-state index is 12.6. The summed E-state index contributed by atoms with van der Waals surface area (Å²) in [5.74, 6) is 0. The zero-order valence-electron chi connectivity index (χ0n) is 16.7. The van der Waals surface area contributed by atoms with Crippen LogP contribution in [0.1, 0.15) is 43.4 Å². The van der Waals surface area contributed by atoms with Crippen molar-refractivity contribution in [3.63, 3.8) is 0 Å². The Hall–Kier alpha value is -2.76. The van der Waals surface area contributed by atoms with Gasteiger partial charge in [-0.05, 0) is 36.6 Å². The molecule has 3 aromatic rings. The van der Waals surface area contributed by atoms with E-state index in [0.29, 0.717) is 21.8 Å². The number of hydrogen-bond donors (Lipinski definition) is 2. The highest BCUT2D eigenvalue weighted by molar-refractivity contribution is 6.33. The van der Waals surface area contributed by atoms with E-state index in [1.54, 1.807) is 24.3 Å². The van der Waals surface area contributed by atoms with Crippen molar-refractivity contribution in [1.29, 1.82) is 5.26 Å². The molecule has 1 aromatic carbocycles. The predicted octanol–water partition coefficient (Wildman–Crippen LogP) is 5.52. The zero-order valence-corrected chi connectivity index (χ0v) is 17.4. The van der Waals surface area contributed by atoms with Crippen LogP contribution >= 0.6 is 11.6 Å². The summed E-state index contributed by atoms with van der Waals surface area (Å²) >= 11 is 6.00. The van der Waals surface area contributed by atoms with Crippen LogP contribution in [0.5, 0.6) is 0 Å². The fourth-order valence-corrected chi connectivity index (χ4v) is 3.74. The van der Waals surface area contributed by atoms with Crippen LogP contribution in [-0.4, -0.2) is 26.8 Å². The van der Waals surface area contributed by atoms with E-state index in [4.69, 9.17) is 22.4 Å². The molecule has 1 saturated carbocycles. The summed E-state index contributed by atoms with van der Waals surface area (Å²) in [6.45, 7) is 0. The Labute approximate surface area is 182 Å². The number of aliphatic hydroxyl groups is 1. The number of anilines is 1. The second-order valence-corrected chi connectivity index (χ2v) is 7.89. The third-order valence-corrected chi connectivity index (χ3v) is 5.46. The SMILES string of the molecule is N#Cc1c(-c2ccc(N)c(Cl)c2)ccn2c(CC(F)(F)F)cnc12.OC1CCCCC1. The molecule has 2 aromatic heterocycles. The van der Waals surface area contributed by atoms with Crippen LogP contribution in [0.15, 0.2) is 36.7 Å². The summed E-state index contributed by atoms with van der Waals surface area (Å²) in [4.78, 5) is 3.98. The van der Waals surface area contributed by atoms with E-state index >= 15 is 0 Å². The third kappa shape index (κ3) is 5.69. The maximum absolute atomic E-state index is 12.6. The van der Waals surface area contributed by atoms with E-state index in [9.17, 15) is 18.4 Å². The maximum Gasteiger partial charge on any atom is 0.394 e. The number of nitrogens with two attached hydrogens (primary N) is 1. The molecule has 9 heteroatoms. The molecule has 0 radical (unpaired) electrons. The van der Waals surface area contributed by atoms with Gasteiger partial charge in [-0.1, -0.05) is 36.9 Å². The Morgan fingerprint density at radius 3 is 2.48 bits per heavy atom. The number of imidazole rings is 1. The quantitative estimate of drug-likeness (QED) is 0.503. The van der Waals surface area contributed by atoms with E-state index in [-0.39, 0.29) is 23.0 Å². The van der Waals surface area contributed by atoms with Gasteiger partial charge in [0, 0.05) is 18.0 Å². The number of hydrogen-bond acceptors (Lipinski definition) is 4. The van der Waals surface area contributed by atoms with E-state index in [1.807, 2.05) is 6.07 Å². The molecule has 2 heterocycles. The molecular formula is C22H22ClF3N4O. The van der Waals surface area contributed by atoms with Crippen molar-refractivity contribution in [3.8, 4) is 17.2 Å². The van der Waals surface area contributed by atoms with Crippen molar-refractivity contribution in [2.24, 2.45) is 0 Å². The van der Waals surface area contributed by atoms with Crippen molar-refractivity contribution in [2.75, 3.05) is 5.73 Å². The predicted molar refractivity (Wildman–Crippen MR) is 114 cm³/mol. The fraction of sp³-hybridized carbons (Fsp3) is 0.364. The van der Waals surface area contributed by atoms with Gasteiger partial charge < -0.3 is 15.2 Å². The molecule has 164 valence electrons. The number of pyridine rings is 1. The topological polar surface area (TPSA) is 87.3 Å². The van der Waals surface area contributed by atoms with Crippen molar-refractivity contribution in [2.45, 2.75) is 50.8 Å². The van der Waals surface area contributed by atoms with Gasteiger partial charge >= 0.3 is 6.18 Å². The normalized spacial score (nSPS) is 14.7. The van der Waals surface area contributed by atoms with E-state index in [1.165, 1.54) is 29.9 Å². The number of nitrogen functional groups attached to an aromatic ring is 1. The van der Waals surface area contributed by atoms with Crippen molar-refractivity contribution >= 4 is 22.9 Å². The first-order valence-corrected chi connectivity index (χ1v) is 10.3. The monoisotopic (exact) mass is 450 g/mol. The lowest BCUT2D eigenvalue weighted by Gasteiger charge is -2.14. The minimum atomic E-state index is -4.36. The van der Waals surface area contributed by atoms with Crippen LogP contribution in [0.4, 0.5) is 18.9 Å². The summed E-state index contributed by atoms with van der Waals surface area (Å²) in [5, 5.41) is 18.7. The lowest BCUT2D eigenvalue weighted by molar-refractivity contribution is -0.127. The standard InChI is InChI=1S/C16H10ClF3N4.C6H12O/c17-13-5-9(1-2-14(13)22)11-3-4-24-10(6-16(18,19)20)8-23-15(24)12(11)7-21;7-6-4-2-1-3-5-6/h1-5,8H,6,22H2;6-7H,1-5H2. The van der Waals surface area contributed by atoms with Crippen molar-refractivity contribution in [1.82, 2.24) is 9.38 Å². The first-order chi connectivity index (χ1) is 14.7. The lowest BCUT2D eigenvalue weighted by atomic mass is 9.98. The largest absolute Gasteiger partial charge is 0.398 e. The Morgan fingerprint density at radius 2 is 1.94 bits per heavy atom. The van der Waals surface area contributed by atoms with Gasteiger partial charge in [0.25, 0.3) is 0 Å². The minimum absolute atomic E-state index is 0.0316. The van der Waals surface area contributed by atoms with Crippen LogP contribution < -0.4 is 5.73 Å². The molecule has 4 rings (SSSR count). The molecule has 0 atom stereocenters. The Balaban J connectivity index is 0.000000330. The van der Waals surface area contributed by atoms with Gasteiger partial charge in [0.1, 0.15) is 11.6 Å². The first-order valence-electron chi connectivity index (χ1n) is 9.89. The fourth-order valence-electron chi connectivity index (χ4n) is 3.56. The molecule has 0 unspecified atom stereocenters. The van der Waals surface area contributed by atoms with Gasteiger partial charge in [-0.15, -0.1) is 0 Å². The molecule has 0 amide bonds. The summed E-state index contributed by atoms with van der Waals surface area (Å²) in [6.07, 6.45) is 3.04. The molecule has 0 saturated heterocycles. The summed E-state index contributed by atoms with van der Waals surface area (Å²) in [5.41, 5.74) is 7.53. The van der Waals surface area contributed by atoms with Crippen LogP contribution in [0.3, 0.4) is 0 Å². The molecule has 1 aliphatic carbocycles. The molecule has 1 fully saturated rings. The minimum Gasteiger partial charge on any atom is -0.398 e. The number of aromatic nitrogens is 2. The summed E-state index contributed by atoms with van der Waals surface area (Å²) < 4.78 is 39.1. The average molecular weight is 451 g/mol. The summed E-state index contributed by atoms with van der Waals surface area (Å²) in [6, 6.07) is 8.46. The smallest absolute Gasteiger partial charge is 0.394 e. The van der Waals surface area contributed by atoms with Crippen LogP contribution in [0.2, 0.25) is 5.02 Å². The lowest BCUT2D eigenvalue weighted by Crippen LogP contribution is -2.13. The third-order valence-electron chi connectivity index (χ3n) is 5.14. The number of nitriles is 1. The molecule has 0 spiro atoms. The number of rotatable bonds is 2. The van der Waals surface area contributed by atoms with Crippen molar-refractivity contribution in [3.05, 3.63) is 52.9 Å². The Kier molecular flexibility index (Phi) is 7.08. The average Bonchev–Trinajstić information content (AvgIpc) is 3.11. The molecule has 0 aliphatic heterocycles. The van der Waals surface area contributed by atoms with Crippen molar-refractivity contribution < 1.29 is 18.3 Å². The second kappa shape index (κ2) is 9.58.